The van der Waals surface area contributed by atoms with Crippen LogP contribution in [-0.4, -0.2) is 36.4 Å². The van der Waals surface area contributed by atoms with Gasteiger partial charge in [-0.25, -0.2) is 0 Å². The first-order valence-electron chi connectivity index (χ1n) is 8.93. The Bertz CT molecular complexity index is 696. The summed E-state index contributed by atoms with van der Waals surface area (Å²) in [7, 11) is 0. The molecule has 132 valence electrons. The number of nitrogens with two attached hydrogens (primary N) is 1. The topological polar surface area (TPSA) is 46.3 Å². The van der Waals surface area contributed by atoms with E-state index in [9.17, 15) is 4.79 Å². The Morgan fingerprint density at radius 3 is 2.52 bits per heavy atom. The molecule has 4 heteroatoms. The Morgan fingerprint density at radius 1 is 1.12 bits per heavy atom. The van der Waals surface area contributed by atoms with E-state index in [4.69, 9.17) is 17.3 Å². The molecule has 25 heavy (non-hydrogen) atoms. The molecule has 1 saturated heterocycles. The molecule has 0 saturated carbocycles. The molecular formula is C21H25ClN2O. The van der Waals surface area contributed by atoms with Gasteiger partial charge in [-0.1, -0.05) is 54.1 Å². The van der Waals surface area contributed by atoms with E-state index in [2.05, 4.69) is 29.2 Å². The van der Waals surface area contributed by atoms with E-state index in [0.717, 1.165) is 44.5 Å². The number of halogens is 1. The van der Waals surface area contributed by atoms with Crippen molar-refractivity contribution in [3.05, 3.63) is 70.7 Å². The van der Waals surface area contributed by atoms with Gasteiger partial charge in [0.15, 0.2) is 5.78 Å². The van der Waals surface area contributed by atoms with Crippen molar-refractivity contribution in [2.45, 2.75) is 25.3 Å². The summed E-state index contributed by atoms with van der Waals surface area (Å²) in [4.78, 5) is 15.0. The molecular weight excluding hydrogens is 332 g/mol. The van der Waals surface area contributed by atoms with Gasteiger partial charge in [-0.2, -0.15) is 0 Å². The van der Waals surface area contributed by atoms with Crippen LogP contribution in [0.15, 0.2) is 54.6 Å². The predicted octanol–water partition coefficient (Wildman–Crippen LogP) is 3.80. The van der Waals surface area contributed by atoms with E-state index in [1.807, 2.05) is 18.2 Å². The van der Waals surface area contributed by atoms with Crippen molar-refractivity contribution in [2.75, 3.05) is 19.6 Å². The van der Waals surface area contributed by atoms with E-state index >= 15 is 0 Å². The minimum atomic E-state index is 0.0973. The molecule has 1 aliphatic rings. The van der Waals surface area contributed by atoms with Gasteiger partial charge in [0.25, 0.3) is 0 Å². The minimum Gasteiger partial charge on any atom is -0.326 e. The molecule has 3 nitrogen and oxygen atoms in total. The van der Waals surface area contributed by atoms with E-state index in [1.165, 1.54) is 5.56 Å². The molecule has 2 aromatic rings. The molecule has 1 unspecified atom stereocenters. The molecule has 1 aliphatic heterocycles. The number of rotatable bonds is 6. The average molecular weight is 357 g/mol. The predicted molar refractivity (Wildman–Crippen MR) is 103 cm³/mol. The fourth-order valence-electron chi connectivity index (χ4n) is 3.57. The monoisotopic (exact) mass is 356 g/mol. The van der Waals surface area contributed by atoms with Crippen molar-refractivity contribution in [1.82, 2.24) is 4.90 Å². The summed E-state index contributed by atoms with van der Waals surface area (Å²) in [5.74, 6) is 0.316. The summed E-state index contributed by atoms with van der Waals surface area (Å²) in [5.41, 5.74) is 8.32. The number of hydrogen-bond donors (Lipinski definition) is 1. The van der Waals surface area contributed by atoms with Gasteiger partial charge >= 0.3 is 0 Å². The molecule has 2 N–H and O–H groups in total. The first-order valence-corrected chi connectivity index (χ1v) is 9.31. The smallest absolute Gasteiger partial charge is 0.166 e. The fourth-order valence-corrected chi connectivity index (χ4v) is 3.76. The molecule has 1 atom stereocenters. The SMILES string of the molecule is NC(Cc1ccccc1)CN1CCC(C(=O)c2cccc(Cl)c2)CC1. The van der Waals surface area contributed by atoms with Crippen molar-refractivity contribution >= 4 is 17.4 Å². The van der Waals surface area contributed by atoms with Crippen molar-refractivity contribution in [2.24, 2.45) is 11.7 Å². The zero-order valence-corrected chi connectivity index (χ0v) is 15.2. The average Bonchev–Trinajstić information content (AvgIpc) is 2.62. The molecule has 0 bridgehead atoms. The van der Waals surface area contributed by atoms with Gasteiger partial charge in [0, 0.05) is 29.1 Å². The van der Waals surface area contributed by atoms with Crippen molar-refractivity contribution in [1.29, 1.82) is 0 Å². The molecule has 0 aromatic heterocycles. The molecule has 0 aliphatic carbocycles. The maximum atomic E-state index is 12.6. The minimum absolute atomic E-state index is 0.0973. The Hall–Kier alpha value is -1.68. The number of nitrogens with zero attached hydrogens (tertiary/aromatic N) is 1. The van der Waals surface area contributed by atoms with Crippen molar-refractivity contribution < 1.29 is 4.79 Å². The zero-order valence-electron chi connectivity index (χ0n) is 14.4. The van der Waals surface area contributed by atoms with E-state index < -0.39 is 0 Å². The van der Waals surface area contributed by atoms with Gasteiger partial charge in [-0.15, -0.1) is 0 Å². The third-order valence-corrected chi connectivity index (χ3v) is 5.14. The molecule has 0 amide bonds. The van der Waals surface area contributed by atoms with Gasteiger partial charge in [-0.3, -0.25) is 4.79 Å². The van der Waals surface area contributed by atoms with Crippen molar-refractivity contribution in [3.63, 3.8) is 0 Å². The van der Waals surface area contributed by atoms with Gasteiger partial charge in [0.1, 0.15) is 0 Å². The second-order valence-corrected chi connectivity index (χ2v) is 7.34. The Kier molecular flexibility index (Phi) is 6.24. The fraction of sp³-hybridized carbons (Fsp3) is 0.381. The van der Waals surface area contributed by atoms with Crippen LogP contribution in [0.1, 0.15) is 28.8 Å². The van der Waals surface area contributed by atoms with Crippen LogP contribution >= 0.6 is 11.6 Å². The van der Waals surface area contributed by atoms with Crippen LogP contribution in [0.25, 0.3) is 0 Å². The quantitative estimate of drug-likeness (QED) is 0.801. The van der Waals surface area contributed by atoms with Crippen LogP contribution in [0.3, 0.4) is 0 Å². The number of Topliss-reactive ketones (excluding diaryl/α,β-unsaturated/α-hetero) is 1. The molecule has 3 rings (SSSR count). The first-order chi connectivity index (χ1) is 12.1. The van der Waals surface area contributed by atoms with Gasteiger partial charge < -0.3 is 10.6 Å². The highest BCUT2D eigenvalue weighted by molar-refractivity contribution is 6.31. The summed E-state index contributed by atoms with van der Waals surface area (Å²) in [5, 5.41) is 0.621. The largest absolute Gasteiger partial charge is 0.326 e. The Labute approximate surface area is 154 Å². The van der Waals surface area contributed by atoms with E-state index in [1.54, 1.807) is 12.1 Å². The number of carbonyl (C=O) groups excluding carboxylic acids is 1. The Morgan fingerprint density at radius 2 is 1.84 bits per heavy atom. The lowest BCUT2D eigenvalue weighted by Crippen LogP contribution is -2.43. The number of benzene rings is 2. The van der Waals surface area contributed by atoms with Crippen LogP contribution in [0, 0.1) is 5.92 Å². The van der Waals surface area contributed by atoms with Gasteiger partial charge in [-0.05, 0) is 50.0 Å². The van der Waals surface area contributed by atoms with Crippen LogP contribution in [0.2, 0.25) is 5.02 Å². The number of hydrogen-bond acceptors (Lipinski definition) is 3. The van der Waals surface area contributed by atoms with Crippen LogP contribution in [0.4, 0.5) is 0 Å². The number of likely N-dealkylation sites (tertiary alicyclic amines) is 1. The second-order valence-electron chi connectivity index (χ2n) is 6.90. The van der Waals surface area contributed by atoms with Gasteiger partial charge in [0.05, 0.1) is 0 Å². The maximum Gasteiger partial charge on any atom is 0.166 e. The Balaban J connectivity index is 1.47. The number of piperidine rings is 1. The molecule has 0 radical (unpaired) electrons. The van der Waals surface area contributed by atoms with Crippen molar-refractivity contribution in [3.8, 4) is 0 Å². The maximum absolute atomic E-state index is 12.6. The summed E-state index contributed by atoms with van der Waals surface area (Å²) < 4.78 is 0. The highest BCUT2D eigenvalue weighted by Gasteiger charge is 2.26. The van der Waals surface area contributed by atoms with Crippen LogP contribution < -0.4 is 5.73 Å². The highest BCUT2D eigenvalue weighted by Crippen LogP contribution is 2.23. The lowest BCUT2D eigenvalue weighted by molar-refractivity contribution is 0.0836. The lowest BCUT2D eigenvalue weighted by atomic mass is 9.88. The molecule has 0 spiro atoms. The van der Waals surface area contributed by atoms with Gasteiger partial charge in [0.2, 0.25) is 0 Å². The van der Waals surface area contributed by atoms with Crippen LogP contribution in [0.5, 0.6) is 0 Å². The third kappa shape index (κ3) is 5.15. The normalized spacial score (nSPS) is 17.4. The second kappa shape index (κ2) is 8.61. The highest BCUT2D eigenvalue weighted by atomic mass is 35.5. The van der Waals surface area contributed by atoms with E-state index in [-0.39, 0.29) is 17.7 Å². The zero-order chi connectivity index (χ0) is 17.6. The summed E-state index contributed by atoms with van der Waals surface area (Å²) in [6, 6.07) is 17.8. The van der Waals surface area contributed by atoms with Crippen LogP contribution in [-0.2, 0) is 6.42 Å². The number of carbonyl (C=O) groups is 1. The summed E-state index contributed by atoms with van der Waals surface area (Å²) in [6.07, 6.45) is 2.68. The molecule has 1 fully saturated rings. The summed E-state index contributed by atoms with van der Waals surface area (Å²) in [6.45, 7) is 2.74. The molecule has 1 heterocycles. The number of ketones is 1. The third-order valence-electron chi connectivity index (χ3n) is 4.90. The summed E-state index contributed by atoms with van der Waals surface area (Å²) >= 11 is 6.00. The lowest BCUT2D eigenvalue weighted by Gasteiger charge is -2.33. The molecule has 2 aromatic carbocycles. The standard InChI is InChI=1S/C21H25ClN2O/c22-19-8-4-7-18(14-19)21(25)17-9-11-24(12-10-17)15-20(23)13-16-5-2-1-3-6-16/h1-8,14,17,20H,9-13,15,23H2. The van der Waals surface area contributed by atoms with E-state index in [0.29, 0.717) is 5.02 Å². The first kappa shape index (κ1) is 18.1.